The Morgan fingerprint density at radius 3 is 2.53 bits per heavy atom. The number of imide groups is 1. The van der Waals surface area contributed by atoms with Crippen molar-refractivity contribution in [1.29, 1.82) is 0 Å². The third kappa shape index (κ3) is 6.07. The Balaban J connectivity index is 1.50. The maximum atomic E-state index is 12.9. The number of nitro groups is 1. The number of thioether (sulfide) groups is 1. The predicted molar refractivity (Wildman–Crippen MR) is 147 cm³/mol. The molecule has 12 heteroatoms. The van der Waals surface area contributed by atoms with Gasteiger partial charge in [0.2, 0.25) is 0 Å². The first-order chi connectivity index (χ1) is 18.2. The van der Waals surface area contributed by atoms with Crippen LogP contribution in [0.2, 0.25) is 5.02 Å². The molecule has 0 aromatic heterocycles. The van der Waals surface area contributed by atoms with Gasteiger partial charge in [-0.05, 0) is 69.7 Å². The molecule has 1 aliphatic heterocycles. The first-order valence-corrected chi connectivity index (χ1v) is 12.9. The number of methoxy groups -OCH3 is 1. The fourth-order valence-electron chi connectivity index (χ4n) is 3.52. The number of benzene rings is 3. The molecule has 9 nitrogen and oxygen atoms in total. The van der Waals surface area contributed by atoms with Crippen molar-refractivity contribution in [2.24, 2.45) is 0 Å². The van der Waals surface area contributed by atoms with Crippen molar-refractivity contribution in [3.63, 3.8) is 0 Å². The summed E-state index contributed by atoms with van der Waals surface area (Å²) in [6.45, 7) is -0.280. The Bertz CT molecular complexity index is 1480. The molecule has 0 spiro atoms. The van der Waals surface area contributed by atoms with Crippen LogP contribution in [-0.4, -0.2) is 40.4 Å². The van der Waals surface area contributed by atoms with E-state index >= 15 is 0 Å². The van der Waals surface area contributed by atoms with Crippen molar-refractivity contribution in [1.82, 2.24) is 4.90 Å². The molecule has 2 amide bonds. The fraction of sp³-hybridized carbons (Fsp3) is 0.115. The van der Waals surface area contributed by atoms with Crippen molar-refractivity contribution in [3.8, 4) is 11.5 Å². The molecular formula is C26H18BrClN2O7S. The minimum atomic E-state index is -0.621. The maximum Gasteiger partial charge on any atom is 0.293 e. The van der Waals surface area contributed by atoms with Gasteiger partial charge < -0.3 is 9.47 Å². The summed E-state index contributed by atoms with van der Waals surface area (Å²) in [6.07, 6.45) is 1.52. The first-order valence-electron chi connectivity index (χ1n) is 10.9. The van der Waals surface area contributed by atoms with Crippen molar-refractivity contribution in [3.05, 3.63) is 102 Å². The zero-order chi connectivity index (χ0) is 27.4. The molecular weight excluding hydrogens is 600 g/mol. The van der Waals surface area contributed by atoms with Crippen LogP contribution in [0.4, 0.5) is 10.5 Å². The summed E-state index contributed by atoms with van der Waals surface area (Å²) in [5, 5.41) is 10.8. The summed E-state index contributed by atoms with van der Waals surface area (Å²) in [6, 6.07) is 15.6. The largest absolute Gasteiger partial charge is 0.493 e. The van der Waals surface area contributed by atoms with Crippen LogP contribution in [0.5, 0.6) is 11.5 Å². The summed E-state index contributed by atoms with van der Waals surface area (Å²) in [4.78, 5) is 49.2. The van der Waals surface area contributed by atoms with E-state index in [9.17, 15) is 24.5 Å². The Morgan fingerprint density at radius 2 is 1.87 bits per heavy atom. The van der Waals surface area contributed by atoms with E-state index in [0.717, 1.165) is 10.5 Å². The van der Waals surface area contributed by atoms with E-state index in [4.69, 9.17) is 21.1 Å². The number of halogens is 2. The lowest BCUT2D eigenvalue weighted by Gasteiger charge is -2.14. The lowest BCUT2D eigenvalue weighted by molar-refractivity contribution is -0.384. The van der Waals surface area contributed by atoms with Crippen molar-refractivity contribution in [2.45, 2.75) is 6.61 Å². The van der Waals surface area contributed by atoms with Crippen LogP contribution in [0.15, 0.2) is 70.0 Å². The minimum Gasteiger partial charge on any atom is -0.493 e. The van der Waals surface area contributed by atoms with E-state index in [-0.39, 0.29) is 22.8 Å². The maximum absolute atomic E-state index is 12.9. The highest BCUT2D eigenvalue weighted by molar-refractivity contribution is 9.10. The third-order valence-electron chi connectivity index (χ3n) is 5.45. The van der Waals surface area contributed by atoms with Crippen LogP contribution in [0.3, 0.4) is 0 Å². The highest BCUT2D eigenvalue weighted by Crippen LogP contribution is 2.39. The summed E-state index contributed by atoms with van der Waals surface area (Å²) in [7, 11) is 1.48. The summed E-state index contributed by atoms with van der Waals surface area (Å²) < 4.78 is 12.0. The minimum absolute atomic E-state index is 0.130. The zero-order valence-corrected chi connectivity index (χ0v) is 22.8. The number of nitrogens with zero attached hydrogens (tertiary/aromatic N) is 2. The van der Waals surface area contributed by atoms with Crippen LogP contribution in [0, 0.1) is 10.1 Å². The van der Waals surface area contributed by atoms with Crippen molar-refractivity contribution in [2.75, 3.05) is 13.7 Å². The standard InChI is InChI=1S/C26H18BrClN2O7S/c1-36-22-11-15(10-19(27)24(22)37-14-17-4-2-3-5-20(17)28)12-23-25(32)29(26(33)38-23)13-21(31)16-6-8-18(9-7-16)30(34)35/h2-12H,13-14H2,1H3/b23-12+. The molecule has 0 atom stereocenters. The van der Waals surface area contributed by atoms with Crippen LogP contribution in [0.25, 0.3) is 6.08 Å². The molecule has 0 N–H and O–H groups in total. The second kappa shape index (κ2) is 11.8. The molecule has 1 aliphatic rings. The Morgan fingerprint density at radius 1 is 1.16 bits per heavy atom. The summed E-state index contributed by atoms with van der Waals surface area (Å²) >= 11 is 10.4. The second-order valence-electron chi connectivity index (χ2n) is 7.91. The smallest absolute Gasteiger partial charge is 0.293 e. The van der Waals surface area contributed by atoms with Gasteiger partial charge in [-0.25, -0.2) is 0 Å². The molecule has 0 aliphatic carbocycles. The Kier molecular flexibility index (Phi) is 8.50. The van der Waals surface area contributed by atoms with Gasteiger partial charge in [0.15, 0.2) is 17.3 Å². The molecule has 0 saturated carbocycles. The average Bonchev–Trinajstić information content (AvgIpc) is 3.15. The number of hydrogen-bond acceptors (Lipinski definition) is 8. The van der Waals surface area contributed by atoms with Gasteiger partial charge in [0.05, 0.1) is 28.0 Å². The number of Topliss-reactive ketones (excluding diaryl/α,β-unsaturated/α-hetero) is 1. The number of ether oxygens (including phenoxy) is 2. The van der Waals surface area contributed by atoms with E-state index in [1.807, 2.05) is 18.2 Å². The lowest BCUT2D eigenvalue weighted by Crippen LogP contribution is -2.33. The van der Waals surface area contributed by atoms with Crippen molar-refractivity contribution >= 4 is 68.0 Å². The van der Waals surface area contributed by atoms with E-state index in [2.05, 4.69) is 15.9 Å². The molecule has 1 heterocycles. The number of nitro benzene ring substituents is 1. The van der Waals surface area contributed by atoms with Gasteiger partial charge in [-0.2, -0.15) is 0 Å². The molecule has 0 bridgehead atoms. The van der Waals surface area contributed by atoms with Crippen LogP contribution in [-0.2, 0) is 11.4 Å². The number of hydrogen-bond donors (Lipinski definition) is 0. The molecule has 0 unspecified atom stereocenters. The third-order valence-corrected chi connectivity index (χ3v) is 7.32. The molecule has 4 rings (SSSR count). The van der Waals surface area contributed by atoms with E-state index < -0.39 is 28.4 Å². The number of amides is 2. The van der Waals surface area contributed by atoms with Gasteiger partial charge >= 0.3 is 0 Å². The first kappa shape index (κ1) is 27.4. The number of rotatable bonds is 9. The average molecular weight is 618 g/mol. The van der Waals surface area contributed by atoms with Gasteiger partial charge in [-0.15, -0.1) is 0 Å². The number of carbonyl (C=O) groups is 3. The van der Waals surface area contributed by atoms with E-state index in [1.165, 1.54) is 37.5 Å². The predicted octanol–water partition coefficient (Wildman–Crippen LogP) is 6.52. The summed E-state index contributed by atoms with van der Waals surface area (Å²) in [5.74, 6) is -0.311. The SMILES string of the molecule is COc1cc(/C=C2/SC(=O)N(CC(=O)c3ccc([N+](=O)[O-])cc3)C2=O)cc(Br)c1OCc1ccccc1Cl. The van der Waals surface area contributed by atoms with Crippen LogP contribution >= 0.6 is 39.3 Å². The quantitative estimate of drug-likeness (QED) is 0.115. The molecule has 3 aromatic rings. The number of carbonyl (C=O) groups excluding carboxylic acids is 3. The van der Waals surface area contributed by atoms with E-state index in [1.54, 1.807) is 18.2 Å². The van der Waals surface area contributed by atoms with Gasteiger partial charge in [0, 0.05) is 28.3 Å². The number of non-ortho nitro benzene ring substituents is 1. The van der Waals surface area contributed by atoms with Gasteiger partial charge in [-0.3, -0.25) is 29.4 Å². The highest BCUT2D eigenvalue weighted by atomic mass is 79.9. The van der Waals surface area contributed by atoms with Crippen LogP contribution < -0.4 is 9.47 Å². The molecule has 38 heavy (non-hydrogen) atoms. The van der Waals surface area contributed by atoms with Crippen LogP contribution in [0.1, 0.15) is 21.5 Å². The zero-order valence-electron chi connectivity index (χ0n) is 19.7. The monoisotopic (exact) mass is 616 g/mol. The molecule has 1 fully saturated rings. The lowest BCUT2D eigenvalue weighted by atomic mass is 10.1. The second-order valence-corrected chi connectivity index (χ2v) is 10.2. The van der Waals surface area contributed by atoms with E-state index in [0.29, 0.717) is 38.3 Å². The van der Waals surface area contributed by atoms with Gasteiger partial charge in [0.25, 0.3) is 16.8 Å². The van der Waals surface area contributed by atoms with Gasteiger partial charge in [-0.1, -0.05) is 29.8 Å². The molecule has 3 aromatic carbocycles. The highest BCUT2D eigenvalue weighted by Gasteiger charge is 2.36. The normalized spacial score (nSPS) is 14.2. The number of ketones is 1. The van der Waals surface area contributed by atoms with Crippen molar-refractivity contribution < 1.29 is 28.8 Å². The molecule has 0 radical (unpaired) electrons. The topological polar surface area (TPSA) is 116 Å². The fourth-order valence-corrected chi connectivity index (χ4v) is 5.12. The summed E-state index contributed by atoms with van der Waals surface area (Å²) in [5.41, 5.74) is 1.34. The molecule has 194 valence electrons. The molecule has 1 saturated heterocycles. The van der Waals surface area contributed by atoms with Gasteiger partial charge in [0.1, 0.15) is 6.61 Å². The Labute approximate surface area is 234 Å². The Hall–Kier alpha value is -3.67.